The molecule has 28 heavy (non-hydrogen) atoms. The number of hydrogen-bond donors (Lipinski definition) is 3. The van der Waals surface area contributed by atoms with E-state index in [0.29, 0.717) is 21.8 Å². The molecule has 1 aliphatic carbocycles. The Morgan fingerprint density at radius 2 is 2.21 bits per heavy atom. The van der Waals surface area contributed by atoms with Crippen molar-refractivity contribution < 1.29 is 9.90 Å². The lowest BCUT2D eigenvalue weighted by atomic mass is 10.1. The maximum atomic E-state index is 12.9. The number of rotatable bonds is 5. The average molecular weight is 401 g/mol. The van der Waals surface area contributed by atoms with Crippen molar-refractivity contribution in [2.75, 3.05) is 6.61 Å². The Morgan fingerprint density at radius 1 is 1.46 bits per heavy atom. The van der Waals surface area contributed by atoms with Gasteiger partial charge in [-0.25, -0.2) is 4.52 Å². The van der Waals surface area contributed by atoms with Crippen LogP contribution in [0.25, 0.3) is 16.8 Å². The molecule has 1 amide bonds. The van der Waals surface area contributed by atoms with Gasteiger partial charge < -0.3 is 15.4 Å². The highest BCUT2D eigenvalue weighted by Gasteiger charge is 2.34. The van der Waals surface area contributed by atoms with E-state index in [1.54, 1.807) is 19.2 Å². The van der Waals surface area contributed by atoms with E-state index in [2.05, 4.69) is 15.4 Å². The van der Waals surface area contributed by atoms with Crippen LogP contribution < -0.4 is 10.9 Å². The van der Waals surface area contributed by atoms with Crippen LogP contribution in [0.3, 0.4) is 0 Å². The van der Waals surface area contributed by atoms with E-state index >= 15 is 0 Å². The number of H-pyrrole nitrogens is 1. The highest BCUT2D eigenvalue weighted by atomic mass is 35.5. The van der Waals surface area contributed by atoms with Gasteiger partial charge in [0.25, 0.3) is 11.5 Å². The molecule has 0 radical (unpaired) electrons. The van der Waals surface area contributed by atoms with E-state index in [0.717, 1.165) is 24.0 Å². The van der Waals surface area contributed by atoms with Gasteiger partial charge >= 0.3 is 0 Å². The third kappa shape index (κ3) is 3.31. The van der Waals surface area contributed by atoms with Gasteiger partial charge in [-0.05, 0) is 55.9 Å². The molecule has 2 aromatic heterocycles. The van der Waals surface area contributed by atoms with Crippen molar-refractivity contribution in [1.29, 1.82) is 0 Å². The molecule has 1 saturated carbocycles. The van der Waals surface area contributed by atoms with Crippen molar-refractivity contribution in [3.63, 3.8) is 0 Å². The zero-order valence-electron chi connectivity index (χ0n) is 15.6. The largest absolute Gasteiger partial charge is 0.394 e. The number of halogens is 1. The molecular weight excluding hydrogens is 380 g/mol. The van der Waals surface area contributed by atoms with E-state index < -0.39 is 6.04 Å². The van der Waals surface area contributed by atoms with Crippen molar-refractivity contribution in [3.8, 4) is 11.3 Å². The molecule has 3 aromatic rings. The Balaban J connectivity index is 1.85. The minimum atomic E-state index is -0.393. The smallest absolute Gasteiger partial charge is 0.274 e. The van der Waals surface area contributed by atoms with Crippen LogP contribution in [0.2, 0.25) is 5.02 Å². The highest BCUT2D eigenvalue weighted by molar-refractivity contribution is 6.31. The van der Waals surface area contributed by atoms with Gasteiger partial charge in [0.05, 0.1) is 18.5 Å². The van der Waals surface area contributed by atoms with Crippen LogP contribution in [0.4, 0.5) is 0 Å². The van der Waals surface area contributed by atoms with Crippen molar-refractivity contribution >= 4 is 23.0 Å². The fourth-order valence-electron chi connectivity index (χ4n) is 3.33. The van der Waals surface area contributed by atoms with Crippen molar-refractivity contribution in [2.24, 2.45) is 0 Å². The third-order valence-electron chi connectivity index (χ3n) is 4.98. The fraction of sp³-hybridized carbons (Fsp3) is 0.350. The summed E-state index contributed by atoms with van der Waals surface area (Å²) in [6, 6.07) is 5.10. The Kier molecular flexibility index (Phi) is 4.72. The topological polar surface area (TPSA) is 99.5 Å². The Hall–Kier alpha value is -2.64. The second-order valence-corrected chi connectivity index (χ2v) is 7.75. The first-order chi connectivity index (χ1) is 13.4. The number of aromatic nitrogens is 3. The minimum absolute atomic E-state index is 0.160. The average Bonchev–Trinajstić information content (AvgIpc) is 3.43. The van der Waals surface area contributed by atoms with Crippen LogP contribution in [-0.2, 0) is 0 Å². The number of aliphatic hydroxyl groups is 1. The molecule has 0 bridgehead atoms. The van der Waals surface area contributed by atoms with E-state index in [1.165, 1.54) is 4.52 Å². The van der Waals surface area contributed by atoms with Crippen LogP contribution in [0.5, 0.6) is 0 Å². The summed E-state index contributed by atoms with van der Waals surface area (Å²) < 4.78 is 1.49. The molecule has 3 N–H and O–H groups in total. The number of benzene rings is 1. The second kappa shape index (κ2) is 7.07. The van der Waals surface area contributed by atoms with Gasteiger partial charge in [0.2, 0.25) is 0 Å². The third-order valence-corrected chi connectivity index (χ3v) is 5.41. The van der Waals surface area contributed by atoms with Crippen LogP contribution in [0.1, 0.15) is 47.3 Å². The molecular formula is C20H21ClN4O3. The number of aryl methyl sites for hydroxylation is 1. The summed E-state index contributed by atoms with van der Waals surface area (Å²) in [5, 5.41) is 17.0. The molecule has 7 nitrogen and oxygen atoms in total. The molecule has 8 heteroatoms. The molecule has 2 heterocycles. The number of aromatic amines is 1. The number of nitrogens with one attached hydrogen (secondary N) is 2. The van der Waals surface area contributed by atoms with Gasteiger partial charge in [0.15, 0.2) is 5.69 Å². The molecule has 1 atom stereocenters. The lowest BCUT2D eigenvalue weighted by Gasteiger charge is -2.09. The summed E-state index contributed by atoms with van der Waals surface area (Å²) in [5.41, 5.74) is 3.35. The molecule has 1 aromatic carbocycles. The normalized spacial score (nSPS) is 15.0. The summed E-state index contributed by atoms with van der Waals surface area (Å²) in [5.74, 6) is -0.220. The lowest BCUT2D eigenvalue weighted by molar-refractivity contribution is 0.0916. The maximum Gasteiger partial charge on any atom is 0.274 e. The first-order valence-corrected chi connectivity index (χ1v) is 9.60. The van der Waals surface area contributed by atoms with E-state index in [9.17, 15) is 14.7 Å². The van der Waals surface area contributed by atoms with Gasteiger partial charge in [-0.2, -0.15) is 5.10 Å². The number of carbonyl (C=O) groups excluding carboxylic acids is 1. The van der Waals surface area contributed by atoms with Gasteiger partial charge in [-0.15, -0.1) is 0 Å². The standard InChI is InChI=1S/C20H21ClN4O3/c1-10-7-13(5-6-14(10)21)15-8-25-18(20(28)23-15)16(12-3-4-12)17(24-25)19(27)22-11(2)9-26/h5-8,11-12,26H,3-4,9H2,1-2H3,(H,22,27)(H,23,28)/t11-/m0/s1. The summed E-state index contributed by atoms with van der Waals surface area (Å²) in [6.45, 7) is 3.43. The number of hydrogen-bond acceptors (Lipinski definition) is 4. The van der Waals surface area contributed by atoms with E-state index in [1.807, 2.05) is 19.1 Å². The molecule has 146 valence electrons. The number of amides is 1. The Morgan fingerprint density at radius 3 is 2.86 bits per heavy atom. The molecule has 1 fully saturated rings. The van der Waals surface area contributed by atoms with Crippen LogP contribution in [0.15, 0.2) is 29.2 Å². The van der Waals surface area contributed by atoms with Gasteiger partial charge in [0.1, 0.15) is 5.52 Å². The number of carbonyl (C=O) groups is 1. The van der Waals surface area contributed by atoms with Crippen molar-refractivity contribution in [3.05, 3.63) is 56.6 Å². The second-order valence-electron chi connectivity index (χ2n) is 7.35. The van der Waals surface area contributed by atoms with Crippen LogP contribution in [0, 0.1) is 6.92 Å². The van der Waals surface area contributed by atoms with Gasteiger partial charge in [-0.1, -0.05) is 17.7 Å². The minimum Gasteiger partial charge on any atom is -0.394 e. The summed E-state index contributed by atoms with van der Waals surface area (Å²) >= 11 is 6.10. The molecule has 1 aliphatic rings. The molecule has 0 spiro atoms. The van der Waals surface area contributed by atoms with Crippen LogP contribution >= 0.6 is 11.6 Å². The predicted molar refractivity (Wildman–Crippen MR) is 107 cm³/mol. The number of nitrogens with zero attached hydrogens (tertiary/aromatic N) is 2. The Labute approximate surface area is 166 Å². The van der Waals surface area contributed by atoms with Crippen molar-refractivity contribution in [2.45, 2.75) is 38.6 Å². The fourth-order valence-corrected chi connectivity index (χ4v) is 3.44. The zero-order chi connectivity index (χ0) is 20.0. The molecule has 0 unspecified atom stereocenters. The number of fused-ring (bicyclic) bond motifs is 1. The predicted octanol–water partition coefficient (Wildman–Crippen LogP) is 2.64. The van der Waals surface area contributed by atoms with Crippen molar-refractivity contribution in [1.82, 2.24) is 19.9 Å². The highest BCUT2D eigenvalue weighted by Crippen LogP contribution is 2.43. The molecule has 4 rings (SSSR count). The SMILES string of the molecule is Cc1cc(-c2cn3nc(C(=O)N[C@@H](C)CO)c(C4CC4)c3c(=O)[nH]2)ccc1Cl. The lowest BCUT2D eigenvalue weighted by Crippen LogP contribution is -2.35. The first-order valence-electron chi connectivity index (χ1n) is 9.23. The quantitative estimate of drug-likeness (QED) is 0.613. The molecule has 0 aliphatic heterocycles. The zero-order valence-corrected chi connectivity index (χ0v) is 16.4. The van der Waals surface area contributed by atoms with Gasteiger partial charge in [0, 0.05) is 16.6 Å². The van der Waals surface area contributed by atoms with E-state index in [4.69, 9.17) is 11.6 Å². The monoisotopic (exact) mass is 400 g/mol. The summed E-state index contributed by atoms with van der Waals surface area (Å²) in [4.78, 5) is 28.4. The summed E-state index contributed by atoms with van der Waals surface area (Å²) in [6.07, 6.45) is 3.57. The Bertz CT molecular complexity index is 1130. The first kappa shape index (κ1) is 18.7. The van der Waals surface area contributed by atoms with Gasteiger partial charge in [-0.3, -0.25) is 9.59 Å². The summed E-state index contributed by atoms with van der Waals surface area (Å²) in [7, 11) is 0. The maximum absolute atomic E-state index is 12.9. The van der Waals surface area contributed by atoms with E-state index in [-0.39, 0.29) is 29.7 Å². The number of aliphatic hydroxyl groups excluding tert-OH is 1. The molecule has 0 saturated heterocycles. The van der Waals surface area contributed by atoms with Crippen LogP contribution in [-0.4, -0.2) is 38.3 Å².